The average Bonchev–Trinajstić information content (AvgIpc) is 2.40. The predicted octanol–water partition coefficient (Wildman–Crippen LogP) is 0.312. The average molecular weight is 300 g/mol. The maximum atomic E-state index is 12.0. The molecular weight excluding hydrogens is 280 g/mol. The molecule has 1 rings (SSSR count). The van der Waals surface area contributed by atoms with Gasteiger partial charge in [-0.25, -0.2) is 13.6 Å². The molecule has 0 bridgehead atoms. The molecule has 0 saturated heterocycles. The van der Waals surface area contributed by atoms with Gasteiger partial charge in [-0.2, -0.15) is 0 Å². The van der Waals surface area contributed by atoms with Crippen molar-refractivity contribution in [1.82, 2.24) is 10.3 Å². The summed E-state index contributed by atoms with van der Waals surface area (Å²) in [4.78, 5) is 15.9. The van der Waals surface area contributed by atoms with Crippen molar-refractivity contribution in [3.05, 3.63) is 24.0 Å². The van der Waals surface area contributed by atoms with Crippen molar-refractivity contribution in [3.63, 3.8) is 0 Å². The highest BCUT2D eigenvalue weighted by Crippen LogP contribution is 2.13. The van der Waals surface area contributed by atoms with Gasteiger partial charge in [0.05, 0.1) is 17.0 Å². The van der Waals surface area contributed by atoms with E-state index in [4.69, 9.17) is 5.14 Å². The Bertz CT molecular complexity index is 545. The summed E-state index contributed by atoms with van der Waals surface area (Å²) in [5.74, 6) is -0.438. The lowest BCUT2D eigenvalue weighted by molar-refractivity contribution is 0.0954. The molecule has 0 spiro atoms. The number of aromatic nitrogens is 1. The maximum Gasteiger partial charge on any atom is 0.254 e. The Morgan fingerprint density at radius 1 is 1.40 bits per heavy atom. The van der Waals surface area contributed by atoms with Crippen LogP contribution in [-0.2, 0) is 10.0 Å². The molecule has 0 aliphatic rings. The SMILES string of the molecule is CCCNc1ccncc1C(=O)NCCCS(N)(=O)=O. The molecule has 0 atom stereocenters. The summed E-state index contributed by atoms with van der Waals surface area (Å²) in [6.07, 6.45) is 4.31. The Kier molecular flexibility index (Phi) is 6.40. The Labute approximate surface area is 119 Å². The van der Waals surface area contributed by atoms with Gasteiger partial charge < -0.3 is 10.6 Å². The lowest BCUT2D eigenvalue weighted by atomic mass is 10.2. The van der Waals surface area contributed by atoms with Gasteiger partial charge in [-0.3, -0.25) is 9.78 Å². The highest BCUT2D eigenvalue weighted by Gasteiger charge is 2.11. The third kappa shape index (κ3) is 5.98. The van der Waals surface area contributed by atoms with Crippen LogP contribution < -0.4 is 15.8 Å². The van der Waals surface area contributed by atoms with Crippen LogP contribution in [0.3, 0.4) is 0 Å². The molecule has 1 heterocycles. The molecule has 20 heavy (non-hydrogen) atoms. The monoisotopic (exact) mass is 300 g/mol. The zero-order valence-corrected chi connectivity index (χ0v) is 12.2. The molecule has 0 aliphatic carbocycles. The summed E-state index contributed by atoms with van der Waals surface area (Å²) in [5.41, 5.74) is 1.15. The van der Waals surface area contributed by atoms with Gasteiger partial charge in [-0.1, -0.05) is 6.92 Å². The summed E-state index contributed by atoms with van der Waals surface area (Å²) in [7, 11) is -3.48. The van der Waals surface area contributed by atoms with Gasteiger partial charge in [0, 0.05) is 25.5 Å². The largest absolute Gasteiger partial charge is 0.384 e. The van der Waals surface area contributed by atoms with E-state index in [1.165, 1.54) is 6.20 Å². The van der Waals surface area contributed by atoms with Gasteiger partial charge in [0.15, 0.2) is 0 Å². The Balaban J connectivity index is 2.54. The first kappa shape index (κ1) is 16.4. The van der Waals surface area contributed by atoms with E-state index in [9.17, 15) is 13.2 Å². The quantitative estimate of drug-likeness (QED) is 0.598. The molecule has 0 radical (unpaired) electrons. The summed E-state index contributed by atoms with van der Waals surface area (Å²) < 4.78 is 21.5. The van der Waals surface area contributed by atoms with Crippen LogP contribution in [0.4, 0.5) is 5.69 Å². The van der Waals surface area contributed by atoms with Crippen LogP contribution in [0.5, 0.6) is 0 Å². The van der Waals surface area contributed by atoms with Crippen LogP contribution >= 0.6 is 0 Å². The molecule has 1 aromatic rings. The van der Waals surface area contributed by atoms with E-state index in [1.807, 2.05) is 6.92 Å². The third-order valence-electron chi connectivity index (χ3n) is 2.52. The normalized spacial score (nSPS) is 11.1. The van der Waals surface area contributed by atoms with E-state index >= 15 is 0 Å². The Morgan fingerprint density at radius 3 is 2.80 bits per heavy atom. The van der Waals surface area contributed by atoms with Gasteiger partial charge in [0.2, 0.25) is 10.0 Å². The second-order valence-corrected chi connectivity index (χ2v) is 6.06. The number of amides is 1. The highest BCUT2D eigenvalue weighted by molar-refractivity contribution is 7.89. The number of nitrogens with one attached hydrogen (secondary N) is 2. The summed E-state index contributed by atoms with van der Waals surface area (Å²) in [6, 6.07) is 1.73. The van der Waals surface area contributed by atoms with Crippen LogP contribution in [0.15, 0.2) is 18.5 Å². The van der Waals surface area contributed by atoms with Gasteiger partial charge in [0.25, 0.3) is 5.91 Å². The molecule has 4 N–H and O–H groups in total. The molecule has 0 aliphatic heterocycles. The Morgan fingerprint density at radius 2 is 2.15 bits per heavy atom. The van der Waals surface area contributed by atoms with Crippen molar-refractivity contribution in [1.29, 1.82) is 0 Å². The second kappa shape index (κ2) is 7.81. The fourth-order valence-electron chi connectivity index (χ4n) is 1.56. The predicted molar refractivity (Wildman–Crippen MR) is 77.9 cm³/mol. The molecule has 112 valence electrons. The van der Waals surface area contributed by atoms with Crippen molar-refractivity contribution < 1.29 is 13.2 Å². The topological polar surface area (TPSA) is 114 Å². The van der Waals surface area contributed by atoms with Crippen molar-refractivity contribution in [3.8, 4) is 0 Å². The van der Waals surface area contributed by atoms with Crippen LogP contribution in [0.1, 0.15) is 30.1 Å². The number of hydrogen-bond acceptors (Lipinski definition) is 5. The van der Waals surface area contributed by atoms with Crippen molar-refractivity contribution >= 4 is 21.6 Å². The minimum Gasteiger partial charge on any atom is -0.384 e. The van der Waals surface area contributed by atoms with Gasteiger partial charge in [0.1, 0.15) is 0 Å². The third-order valence-corrected chi connectivity index (χ3v) is 3.38. The molecule has 0 aromatic carbocycles. The van der Waals surface area contributed by atoms with Crippen molar-refractivity contribution in [2.24, 2.45) is 5.14 Å². The highest BCUT2D eigenvalue weighted by atomic mass is 32.2. The number of hydrogen-bond donors (Lipinski definition) is 3. The number of carbonyl (C=O) groups is 1. The molecule has 0 unspecified atom stereocenters. The number of nitrogens with zero attached hydrogens (tertiary/aromatic N) is 1. The van der Waals surface area contributed by atoms with E-state index in [-0.39, 0.29) is 24.6 Å². The van der Waals surface area contributed by atoms with E-state index in [1.54, 1.807) is 12.3 Å². The molecule has 1 amide bonds. The fourth-order valence-corrected chi connectivity index (χ4v) is 2.11. The minimum atomic E-state index is -3.48. The number of pyridine rings is 1. The molecule has 8 heteroatoms. The standard InChI is InChI=1S/C12H20N4O3S/c1-2-5-15-11-4-7-14-9-10(11)12(17)16-6-3-8-20(13,18)19/h4,7,9H,2-3,5-6,8H2,1H3,(H,14,15)(H,16,17)(H2,13,18,19). The van der Waals surface area contributed by atoms with Gasteiger partial charge in [-0.05, 0) is 18.9 Å². The van der Waals surface area contributed by atoms with E-state index in [2.05, 4.69) is 15.6 Å². The van der Waals surface area contributed by atoms with Gasteiger partial charge >= 0.3 is 0 Å². The molecule has 7 nitrogen and oxygen atoms in total. The van der Waals surface area contributed by atoms with Gasteiger partial charge in [-0.15, -0.1) is 0 Å². The lowest BCUT2D eigenvalue weighted by Crippen LogP contribution is -2.28. The lowest BCUT2D eigenvalue weighted by Gasteiger charge is -2.10. The zero-order valence-electron chi connectivity index (χ0n) is 11.4. The Hall–Kier alpha value is -1.67. The van der Waals surface area contributed by atoms with Crippen molar-refractivity contribution in [2.75, 3.05) is 24.2 Å². The van der Waals surface area contributed by atoms with Crippen molar-refractivity contribution in [2.45, 2.75) is 19.8 Å². The van der Waals surface area contributed by atoms with E-state index < -0.39 is 10.0 Å². The first-order valence-corrected chi connectivity index (χ1v) is 8.12. The summed E-state index contributed by atoms with van der Waals surface area (Å²) in [5, 5.41) is 10.7. The van der Waals surface area contributed by atoms with E-state index in [0.717, 1.165) is 13.0 Å². The first-order chi connectivity index (χ1) is 9.44. The molecule has 0 saturated carbocycles. The number of anilines is 1. The van der Waals surface area contributed by atoms with Crippen LogP contribution in [0.25, 0.3) is 0 Å². The molecule has 0 fully saturated rings. The van der Waals surface area contributed by atoms with Crippen LogP contribution in [-0.4, -0.2) is 38.2 Å². The number of carbonyl (C=O) groups excluding carboxylic acids is 1. The first-order valence-electron chi connectivity index (χ1n) is 6.40. The van der Waals surface area contributed by atoms with E-state index in [0.29, 0.717) is 11.3 Å². The minimum absolute atomic E-state index is 0.152. The number of nitrogens with two attached hydrogens (primary N) is 1. The van der Waals surface area contributed by atoms with Crippen LogP contribution in [0.2, 0.25) is 0 Å². The smallest absolute Gasteiger partial charge is 0.254 e. The fraction of sp³-hybridized carbons (Fsp3) is 0.500. The summed E-state index contributed by atoms with van der Waals surface area (Å²) >= 11 is 0. The van der Waals surface area contributed by atoms with Crippen LogP contribution in [0, 0.1) is 0 Å². The maximum absolute atomic E-state index is 12.0. The number of primary sulfonamides is 1. The summed E-state index contributed by atoms with van der Waals surface area (Å²) in [6.45, 7) is 3.04. The zero-order chi connectivity index (χ0) is 15.0. The number of sulfonamides is 1. The number of rotatable bonds is 8. The second-order valence-electron chi connectivity index (χ2n) is 4.32. The molecule has 1 aromatic heterocycles. The molecular formula is C12H20N4O3S.